The van der Waals surface area contributed by atoms with Gasteiger partial charge in [-0.2, -0.15) is 13.2 Å². The molecule has 0 bridgehead atoms. The Balaban J connectivity index is 2.19. The van der Waals surface area contributed by atoms with Crippen LogP contribution in [0.2, 0.25) is 0 Å². The molecule has 6 heteroatoms. The quantitative estimate of drug-likeness (QED) is 0.853. The van der Waals surface area contributed by atoms with Crippen molar-refractivity contribution in [2.24, 2.45) is 0 Å². The standard InChI is InChI=1S/C13H14F3NO2/c14-13(15,16)10-4-1-3-9(7-10)12(19)17-6-2-5-11(18)8-17/h1,3-4,7,11,18H,2,5-6,8H2/t11-/m0/s1. The summed E-state index contributed by atoms with van der Waals surface area (Å²) in [5.74, 6) is -0.468. The summed E-state index contributed by atoms with van der Waals surface area (Å²) >= 11 is 0. The van der Waals surface area contributed by atoms with Gasteiger partial charge in [-0.15, -0.1) is 0 Å². The molecule has 1 amide bonds. The third-order valence-electron chi connectivity index (χ3n) is 3.12. The van der Waals surface area contributed by atoms with Crippen LogP contribution in [-0.4, -0.2) is 35.1 Å². The fraction of sp³-hybridized carbons (Fsp3) is 0.462. The van der Waals surface area contributed by atoms with Crippen LogP contribution in [-0.2, 0) is 6.18 Å². The number of nitrogens with zero attached hydrogens (tertiary/aromatic N) is 1. The highest BCUT2D eigenvalue weighted by atomic mass is 19.4. The number of aliphatic hydroxyl groups excluding tert-OH is 1. The van der Waals surface area contributed by atoms with E-state index in [1.54, 1.807) is 0 Å². The summed E-state index contributed by atoms with van der Waals surface area (Å²) in [6.07, 6.45) is -3.78. The Kier molecular flexibility index (Phi) is 3.80. The maximum absolute atomic E-state index is 12.6. The van der Waals surface area contributed by atoms with Gasteiger partial charge in [-0.1, -0.05) is 6.07 Å². The van der Waals surface area contributed by atoms with Crippen LogP contribution in [0.15, 0.2) is 24.3 Å². The molecule has 1 saturated heterocycles. The van der Waals surface area contributed by atoms with Gasteiger partial charge in [0.15, 0.2) is 0 Å². The monoisotopic (exact) mass is 273 g/mol. The molecule has 1 fully saturated rings. The van der Waals surface area contributed by atoms with Gasteiger partial charge >= 0.3 is 6.18 Å². The molecule has 0 radical (unpaired) electrons. The van der Waals surface area contributed by atoms with Crippen LogP contribution < -0.4 is 0 Å². The number of hydrogen-bond donors (Lipinski definition) is 1. The lowest BCUT2D eigenvalue weighted by Gasteiger charge is -2.30. The van der Waals surface area contributed by atoms with Crippen LogP contribution in [0.5, 0.6) is 0 Å². The minimum atomic E-state index is -4.46. The number of alkyl halides is 3. The van der Waals surface area contributed by atoms with Crippen LogP contribution in [0.25, 0.3) is 0 Å². The van der Waals surface area contributed by atoms with E-state index in [1.165, 1.54) is 17.0 Å². The molecule has 0 aromatic heterocycles. The lowest BCUT2D eigenvalue weighted by Crippen LogP contribution is -2.42. The lowest BCUT2D eigenvalue weighted by atomic mass is 10.1. The molecule has 1 aromatic rings. The molecule has 3 nitrogen and oxygen atoms in total. The summed E-state index contributed by atoms with van der Waals surface area (Å²) in [7, 11) is 0. The summed E-state index contributed by atoms with van der Waals surface area (Å²) in [6.45, 7) is 0.640. The van der Waals surface area contributed by atoms with Crippen LogP contribution in [0.3, 0.4) is 0 Å². The van der Waals surface area contributed by atoms with E-state index < -0.39 is 23.8 Å². The number of benzene rings is 1. The number of likely N-dealkylation sites (tertiary alicyclic amines) is 1. The molecule has 2 rings (SSSR count). The molecular weight excluding hydrogens is 259 g/mol. The Morgan fingerprint density at radius 3 is 2.74 bits per heavy atom. The Morgan fingerprint density at radius 2 is 2.11 bits per heavy atom. The van der Waals surface area contributed by atoms with E-state index >= 15 is 0 Å². The van der Waals surface area contributed by atoms with Gasteiger partial charge in [0.1, 0.15) is 0 Å². The zero-order valence-corrected chi connectivity index (χ0v) is 10.2. The number of aliphatic hydroxyl groups is 1. The van der Waals surface area contributed by atoms with Crippen molar-refractivity contribution in [3.8, 4) is 0 Å². The van der Waals surface area contributed by atoms with Gasteiger partial charge in [0, 0.05) is 18.7 Å². The topological polar surface area (TPSA) is 40.5 Å². The number of amides is 1. The molecule has 0 aliphatic carbocycles. The zero-order chi connectivity index (χ0) is 14.0. The molecule has 19 heavy (non-hydrogen) atoms. The molecule has 0 spiro atoms. The average molecular weight is 273 g/mol. The molecular formula is C13H14F3NO2. The minimum absolute atomic E-state index is 0.00363. The zero-order valence-electron chi connectivity index (χ0n) is 10.2. The Hall–Kier alpha value is -1.56. The summed E-state index contributed by atoms with van der Waals surface area (Å²) in [5.41, 5.74) is -0.833. The second-order valence-corrected chi connectivity index (χ2v) is 4.63. The predicted octanol–water partition coefficient (Wildman–Crippen LogP) is 2.30. The van der Waals surface area contributed by atoms with E-state index in [4.69, 9.17) is 0 Å². The van der Waals surface area contributed by atoms with E-state index in [2.05, 4.69) is 0 Å². The maximum atomic E-state index is 12.6. The van der Waals surface area contributed by atoms with Gasteiger partial charge in [-0.3, -0.25) is 4.79 Å². The second kappa shape index (κ2) is 5.21. The molecule has 104 valence electrons. The molecule has 0 unspecified atom stereocenters. The third-order valence-corrected chi connectivity index (χ3v) is 3.12. The van der Waals surface area contributed by atoms with Gasteiger partial charge in [0.25, 0.3) is 5.91 Å². The van der Waals surface area contributed by atoms with E-state index in [0.717, 1.165) is 12.1 Å². The predicted molar refractivity (Wildman–Crippen MR) is 62.6 cm³/mol. The van der Waals surface area contributed by atoms with Crippen LogP contribution in [0.4, 0.5) is 13.2 Å². The lowest BCUT2D eigenvalue weighted by molar-refractivity contribution is -0.137. The fourth-order valence-electron chi connectivity index (χ4n) is 2.15. The highest BCUT2D eigenvalue weighted by Crippen LogP contribution is 2.29. The Labute approximate surface area is 108 Å². The molecule has 1 heterocycles. The van der Waals surface area contributed by atoms with Gasteiger partial charge in [0.05, 0.1) is 11.7 Å². The van der Waals surface area contributed by atoms with E-state index in [-0.39, 0.29) is 12.1 Å². The second-order valence-electron chi connectivity index (χ2n) is 4.63. The van der Waals surface area contributed by atoms with Crippen LogP contribution in [0.1, 0.15) is 28.8 Å². The average Bonchev–Trinajstić information content (AvgIpc) is 2.37. The normalized spacial score (nSPS) is 20.4. The number of piperidine rings is 1. The maximum Gasteiger partial charge on any atom is 0.416 e. The summed E-state index contributed by atoms with van der Waals surface area (Å²) in [6, 6.07) is 4.36. The summed E-state index contributed by atoms with van der Waals surface area (Å²) in [5, 5.41) is 9.49. The van der Waals surface area contributed by atoms with Crippen LogP contribution >= 0.6 is 0 Å². The smallest absolute Gasteiger partial charge is 0.391 e. The fourth-order valence-corrected chi connectivity index (χ4v) is 2.15. The largest absolute Gasteiger partial charge is 0.416 e. The highest BCUT2D eigenvalue weighted by Gasteiger charge is 2.31. The first-order chi connectivity index (χ1) is 8.88. The van der Waals surface area contributed by atoms with Crippen LogP contribution in [0, 0.1) is 0 Å². The Bertz CT molecular complexity index is 473. The number of halogens is 3. The first kappa shape index (κ1) is 13.9. The first-order valence-electron chi connectivity index (χ1n) is 6.02. The van der Waals surface area contributed by atoms with E-state index in [1.807, 2.05) is 0 Å². The van der Waals surface area contributed by atoms with Gasteiger partial charge in [0.2, 0.25) is 0 Å². The minimum Gasteiger partial charge on any atom is -0.391 e. The van der Waals surface area contributed by atoms with E-state index in [9.17, 15) is 23.1 Å². The van der Waals surface area contributed by atoms with Crippen molar-refractivity contribution in [3.05, 3.63) is 35.4 Å². The number of rotatable bonds is 1. The molecule has 1 aromatic carbocycles. The van der Waals surface area contributed by atoms with Crippen molar-refractivity contribution in [2.45, 2.75) is 25.1 Å². The van der Waals surface area contributed by atoms with Gasteiger partial charge < -0.3 is 10.0 Å². The number of carbonyl (C=O) groups excluding carboxylic acids is 1. The number of β-amino-alcohol motifs (C(OH)–C–C–N with tert-alkyl or cyclic N) is 1. The molecule has 1 aliphatic heterocycles. The molecule has 1 atom stereocenters. The van der Waals surface area contributed by atoms with Gasteiger partial charge in [-0.25, -0.2) is 0 Å². The molecule has 1 N–H and O–H groups in total. The highest BCUT2D eigenvalue weighted by molar-refractivity contribution is 5.94. The van der Waals surface area contributed by atoms with Crippen molar-refractivity contribution >= 4 is 5.91 Å². The molecule has 0 saturated carbocycles. The van der Waals surface area contributed by atoms with Crippen molar-refractivity contribution in [1.29, 1.82) is 0 Å². The van der Waals surface area contributed by atoms with Crippen molar-refractivity contribution in [2.75, 3.05) is 13.1 Å². The first-order valence-corrected chi connectivity index (χ1v) is 6.02. The SMILES string of the molecule is O=C(c1cccc(C(F)(F)F)c1)N1CCC[C@H](O)C1. The third kappa shape index (κ3) is 3.26. The van der Waals surface area contributed by atoms with Crippen molar-refractivity contribution in [1.82, 2.24) is 4.90 Å². The summed E-state index contributed by atoms with van der Waals surface area (Å²) in [4.78, 5) is 13.5. The summed E-state index contributed by atoms with van der Waals surface area (Å²) < 4.78 is 37.7. The van der Waals surface area contributed by atoms with Gasteiger partial charge in [-0.05, 0) is 31.0 Å². The number of hydrogen-bond acceptors (Lipinski definition) is 2. The molecule has 1 aliphatic rings. The number of carbonyl (C=O) groups is 1. The Morgan fingerprint density at radius 1 is 1.37 bits per heavy atom. The van der Waals surface area contributed by atoms with E-state index in [0.29, 0.717) is 19.4 Å². The van der Waals surface area contributed by atoms with Crippen molar-refractivity contribution in [3.63, 3.8) is 0 Å². The van der Waals surface area contributed by atoms with Crippen molar-refractivity contribution < 1.29 is 23.1 Å².